The molecule has 10 heteroatoms. The molecule has 0 atom stereocenters. The minimum atomic E-state index is -4.60. The first-order chi connectivity index (χ1) is 12.4. The second-order valence-corrected chi connectivity index (χ2v) is 7.25. The van der Waals surface area contributed by atoms with Gasteiger partial charge in [0.15, 0.2) is 0 Å². The van der Waals surface area contributed by atoms with Crippen LogP contribution in [0, 0.1) is 5.82 Å². The number of rotatable bonds is 3. The first kappa shape index (κ1) is 19.6. The van der Waals surface area contributed by atoms with E-state index in [1.807, 2.05) is 27.7 Å². The number of halogens is 4. The maximum absolute atomic E-state index is 14.1. The van der Waals surface area contributed by atoms with E-state index >= 15 is 0 Å². The molecule has 0 aliphatic carbocycles. The molecule has 2 heterocycles. The van der Waals surface area contributed by atoms with E-state index < -0.39 is 36.0 Å². The fourth-order valence-corrected chi connectivity index (χ4v) is 2.51. The number of anilines is 2. The molecular formula is C17H18BF4N3O2. The van der Waals surface area contributed by atoms with Crippen LogP contribution >= 0.6 is 0 Å². The van der Waals surface area contributed by atoms with Gasteiger partial charge >= 0.3 is 13.3 Å². The van der Waals surface area contributed by atoms with Gasteiger partial charge in [-0.05, 0) is 57.4 Å². The second-order valence-electron chi connectivity index (χ2n) is 7.25. The third-order valence-electron chi connectivity index (χ3n) is 4.65. The number of aromatic nitrogens is 2. The number of nitrogens with one attached hydrogen (secondary N) is 1. The van der Waals surface area contributed by atoms with E-state index in [1.165, 1.54) is 12.1 Å². The number of alkyl halides is 3. The molecule has 144 valence electrons. The normalized spacial score (nSPS) is 18.6. The van der Waals surface area contributed by atoms with Gasteiger partial charge in [-0.3, -0.25) is 0 Å². The lowest BCUT2D eigenvalue weighted by atomic mass is 9.79. The average molecular weight is 383 g/mol. The minimum absolute atomic E-state index is 0.180. The van der Waals surface area contributed by atoms with Crippen LogP contribution in [0.5, 0.6) is 0 Å². The van der Waals surface area contributed by atoms with Crippen LogP contribution in [0.25, 0.3) is 0 Å². The van der Waals surface area contributed by atoms with E-state index in [4.69, 9.17) is 9.31 Å². The number of hydrogen-bond donors (Lipinski definition) is 1. The van der Waals surface area contributed by atoms with Gasteiger partial charge in [-0.15, -0.1) is 0 Å². The molecule has 1 fully saturated rings. The van der Waals surface area contributed by atoms with E-state index in [9.17, 15) is 17.6 Å². The van der Waals surface area contributed by atoms with Gasteiger partial charge in [-0.2, -0.15) is 13.2 Å². The zero-order valence-electron chi connectivity index (χ0n) is 15.2. The van der Waals surface area contributed by atoms with E-state index in [-0.39, 0.29) is 11.6 Å². The molecule has 1 aromatic heterocycles. The maximum Gasteiger partial charge on any atom is 0.495 e. The van der Waals surface area contributed by atoms with E-state index in [1.54, 1.807) is 0 Å². The van der Waals surface area contributed by atoms with Crippen molar-refractivity contribution in [2.75, 3.05) is 5.32 Å². The Labute approximate surface area is 154 Å². The molecule has 1 N–H and O–H groups in total. The lowest BCUT2D eigenvalue weighted by Gasteiger charge is -2.32. The molecule has 0 bridgehead atoms. The van der Waals surface area contributed by atoms with Crippen molar-refractivity contribution in [3.05, 3.63) is 42.0 Å². The highest BCUT2D eigenvalue weighted by Gasteiger charge is 2.51. The molecule has 1 saturated heterocycles. The van der Waals surface area contributed by atoms with Gasteiger partial charge in [-0.25, -0.2) is 14.4 Å². The quantitative estimate of drug-likeness (QED) is 0.648. The topological polar surface area (TPSA) is 56.3 Å². The summed E-state index contributed by atoms with van der Waals surface area (Å²) < 4.78 is 64.1. The largest absolute Gasteiger partial charge is 0.495 e. The van der Waals surface area contributed by atoms with Crippen molar-refractivity contribution in [2.45, 2.75) is 45.1 Å². The molecule has 3 rings (SSSR count). The summed E-state index contributed by atoms with van der Waals surface area (Å²) in [5.74, 6) is -0.896. The number of hydrogen-bond acceptors (Lipinski definition) is 5. The van der Waals surface area contributed by atoms with E-state index in [0.29, 0.717) is 5.46 Å². The van der Waals surface area contributed by atoms with Crippen molar-refractivity contribution in [1.82, 2.24) is 9.97 Å². The average Bonchev–Trinajstić information content (AvgIpc) is 2.74. The van der Waals surface area contributed by atoms with Crippen molar-refractivity contribution in [1.29, 1.82) is 0 Å². The Morgan fingerprint density at radius 2 is 1.67 bits per heavy atom. The Bertz CT molecular complexity index is 842. The van der Waals surface area contributed by atoms with Crippen LogP contribution < -0.4 is 10.8 Å². The smallest absolute Gasteiger partial charge is 0.399 e. The van der Waals surface area contributed by atoms with Crippen molar-refractivity contribution in [3.8, 4) is 0 Å². The van der Waals surface area contributed by atoms with Crippen LogP contribution in [0.4, 0.5) is 29.2 Å². The zero-order chi connectivity index (χ0) is 20.0. The third kappa shape index (κ3) is 4.06. The molecule has 0 saturated carbocycles. The number of benzene rings is 1. The van der Waals surface area contributed by atoms with Gasteiger partial charge in [0.25, 0.3) is 0 Å². The molecular weight excluding hydrogens is 365 g/mol. The van der Waals surface area contributed by atoms with Crippen molar-refractivity contribution < 1.29 is 26.9 Å². The Morgan fingerprint density at radius 3 is 2.26 bits per heavy atom. The Morgan fingerprint density at radius 1 is 1.04 bits per heavy atom. The molecule has 0 amide bonds. The summed E-state index contributed by atoms with van der Waals surface area (Å²) in [6, 6.07) is 4.65. The molecule has 5 nitrogen and oxygen atoms in total. The highest BCUT2D eigenvalue weighted by Crippen LogP contribution is 2.36. The predicted molar refractivity (Wildman–Crippen MR) is 92.4 cm³/mol. The van der Waals surface area contributed by atoms with Crippen molar-refractivity contribution in [2.24, 2.45) is 0 Å². The van der Waals surface area contributed by atoms with Crippen LogP contribution in [-0.4, -0.2) is 28.3 Å². The van der Waals surface area contributed by atoms with Gasteiger partial charge in [0.05, 0.1) is 11.2 Å². The Balaban J connectivity index is 1.87. The molecule has 0 spiro atoms. The van der Waals surface area contributed by atoms with Gasteiger partial charge < -0.3 is 14.6 Å². The monoisotopic (exact) mass is 383 g/mol. The summed E-state index contributed by atoms with van der Waals surface area (Å²) in [6.07, 6.45) is -3.62. The highest BCUT2D eigenvalue weighted by molar-refractivity contribution is 6.62. The van der Waals surface area contributed by atoms with Crippen molar-refractivity contribution in [3.63, 3.8) is 0 Å². The first-order valence-electron chi connectivity index (χ1n) is 8.21. The summed E-state index contributed by atoms with van der Waals surface area (Å²) in [5, 5.41) is 2.59. The summed E-state index contributed by atoms with van der Waals surface area (Å²) in [4.78, 5) is 7.15. The van der Waals surface area contributed by atoms with Gasteiger partial charge in [0.1, 0.15) is 11.5 Å². The Kier molecular flexibility index (Phi) is 4.67. The molecule has 27 heavy (non-hydrogen) atoms. The maximum atomic E-state index is 14.1. The molecule has 1 aromatic carbocycles. The first-order valence-corrected chi connectivity index (χ1v) is 8.21. The second kappa shape index (κ2) is 6.45. The van der Waals surface area contributed by atoms with Crippen LogP contribution in [-0.2, 0) is 15.5 Å². The summed E-state index contributed by atoms with van der Waals surface area (Å²) in [5.41, 5.74) is -1.74. The van der Waals surface area contributed by atoms with Crippen molar-refractivity contribution >= 4 is 24.2 Å². The zero-order valence-corrected chi connectivity index (χ0v) is 15.2. The lowest BCUT2D eigenvalue weighted by molar-refractivity contribution is -0.141. The molecule has 0 radical (unpaired) electrons. The fraction of sp³-hybridized carbons (Fsp3) is 0.412. The molecule has 1 aliphatic heterocycles. The molecule has 1 aliphatic rings. The predicted octanol–water partition coefficient (Wildman–Crippen LogP) is 3.68. The lowest BCUT2D eigenvalue weighted by Crippen LogP contribution is -2.41. The van der Waals surface area contributed by atoms with Crippen LogP contribution in [0.3, 0.4) is 0 Å². The summed E-state index contributed by atoms with van der Waals surface area (Å²) in [6.45, 7) is 7.45. The standard InChI is InChI=1S/C17H18BF4N3O2/c1-15(2)16(3,4)27-18(26-15)10-7-11(19)9-12(8-10)24-14-23-6-5-13(25-14)17(20,21)22/h5-9H,1-4H3,(H,23,24,25). The highest BCUT2D eigenvalue weighted by atomic mass is 19.4. The van der Waals surface area contributed by atoms with E-state index in [2.05, 4.69) is 15.3 Å². The SMILES string of the molecule is CC1(C)OB(c2cc(F)cc(Nc3nccc(C(F)(F)F)n3)c2)OC1(C)C. The van der Waals surface area contributed by atoms with Gasteiger partial charge in [-0.1, -0.05) is 0 Å². The summed E-state index contributed by atoms with van der Waals surface area (Å²) in [7, 11) is -0.811. The fourth-order valence-electron chi connectivity index (χ4n) is 2.51. The molecule has 2 aromatic rings. The van der Waals surface area contributed by atoms with Gasteiger partial charge in [0.2, 0.25) is 5.95 Å². The minimum Gasteiger partial charge on any atom is -0.399 e. The van der Waals surface area contributed by atoms with Crippen LogP contribution in [0.2, 0.25) is 0 Å². The van der Waals surface area contributed by atoms with Crippen LogP contribution in [0.1, 0.15) is 33.4 Å². The summed E-state index contributed by atoms with van der Waals surface area (Å²) >= 11 is 0. The number of nitrogens with zero attached hydrogens (tertiary/aromatic N) is 2. The molecule has 0 unspecified atom stereocenters. The van der Waals surface area contributed by atoms with E-state index in [0.717, 1.165) is 18.3 Å². The Hall–Kier alpha value is -2.20. The third-order valence-corrected chi connectivity index (χ3v) is 4.65. The van der Waals surface area contributed by atoms with Crippen LogP contribution in [0.15, 0.2) is 30.5 Å². The van der Waals surface area contributed by atoms with Gasteiger partial charge in [0, 0.05) is 11.9 Å².